The first-order chi connectivity index (χ1) is 7.16. The van der Waals surface area contributed by atoms with E-state index in [1.165, 1.54) is 29.5 Å². The Hall–Kier alpha value is -1.20. The van der Waals surface area contributed by atoms with E-state index in [9.17, 15) is 9.18 Å². The molecule has 0 spiro atoms. The maximum absolute atomic E-state index is 13.0. The zero-order chi connectivity index (χ0) is 10.8. The van der Waals surface area contributed by atoms with E-state index in [1.54, 1.807) is 11.6 Å². The van der Waals surface area contributed by atoms with Gasteiger partial charge < -0.3 is 0 Å². The lowest BCUT2D eigenvalue weighted by atomic mass is 10.1. The van der Waals surface area contributed by atoms with Gasteiger partial charge in [0.25, 0.3) is 0 Å². The maximum Gasteiger partial charge on any atom is 0.221 e. The summed E-state index contributed by atoms with van der Waals surface area (Å²) in [6.45, 7) is 0. The molecule has 0 unspecified atom stereocenters. The van der Waals surface area contributed by atoms with Crippen LogP contribution < -0.4 is 0 Å². The zero-order valence-electron chi connectivity index (χ0n) is 7.48. The van der Waals surface area contributed by atoms with Crippen molar-refractivity contribution in [2.24, 2.45) is 0 Å². The molecule has 0 saturated carbocycles. The van der Waals surface area contributed by atoms with Crippen molar-refractivity contribution in [1.82, 2.24) is 4.98 Å². The molecule has 1 aromatic heterocycles. The number of carbonyl (C=O) groups is 1. The normalized spacial score (nSPS) is 10.3. The van der Waals surface area contributed by atoms with Crippen LogP contribution in [-0.4, -0.2) is 10.8 Å². The Morgan fingerprint density at radius 1 is 1.40 bits per heavy atom. The van der Waals surface area contributed by atoms with Crippen molar-refractivity contribution in [3.05, 3.63) is 46.2 Å². The van der Waals surface area contributed by atoms with Crippen LogP contribution in [0.15, 0.2) is 34.7 Å². The predicted molar refractivity (Wildman–Crippen MR) is 59.2 cm³/mol. The lowest BCUT2D eigenvalue weighted by molar-refractivity contribution is 0.103. The molecule has 0 N–H and O–H groups in total. The lowest BCUT2D eigenvalue weighted by Gasteiger charge is -1.99. The number of nitrogens with zero attached hydrogens (tertiary/aromatic N) is 1. The molecule has 0 amide bonds. The molecule has 15 heavy (non-hydrogen) atoms. The topological polar surface area (TPSA) is 30.0 Å². The van der Waals surface area contributed by atoms with Crippen LogP contribution in [0.1, 0.15) is 15.4 Å². The molecule has 0 radical (unpaired) electrons. The first kappa shape index (κ1) is 10.3. The second-order valence-electron chi connectivity index (χ2n) is 2.86. The molecular formula is C10H6FNOS2. The second-order valence-corrected chi connectivity index (χ2v) is 4.28. The summed E-state index contributed by atoms with van der Waals surface area (Å²) in [7, 11) is 0. The number of aromatic nitrogens is 1. The number of rotatable bonds is 2. The molecular weight excluding hydrogens is 233 g/mol. The first-order valence-corrected chi connectivity index (χ1v) is 5.43. The average Bonchev–Trinajstić information content (AvgIpc) is 2.67. The van der Waals surface area contributed by atoms with Crippen LogP contribution in [-0.2, 0) is 0 Å². The number of benzene rings is 1. The summed E-state index contributed by atoms with van der Waals surface area (Å²) in [5.74, 6) is -0.748. The molecule has 2 aromatic rings. The minimum Gasteiger partial charge on any atom is -0.286 e. The van der Waals surface area contributed by atoms with Gasteiger partial charge in [0.2, 0.25) is 5.78 Å². The van der Waals surface area contributed by atoms with Gasteiger partial charge in [0.1, 0.15) is 5.82 Å². The average molecular weight is 239 g/mol. The van der Waals surface area contributed by atoms with E-state index < -0.39 is 5.82 Å². The summed E-state index contributed by atoms with van der Waals surface area (Å²) in [4.78, 5) is 16.1. The fourth-order valence-electron chi connectivity index (χ4n) is 1.16. The molecule has 0 saturated heterocycles. The SMILES string of the molecule is O=C(c1cc(F)cc(S)c1)c1nccs1. The van der Waals surface area contributed by atoms with Gasteiger partial charge in [-0.1, -0.05) is 0 Å². The van der Waals surface area contributed by atoms with Crippen molar-refractivity contribution >= 4 is 29.7 Å². The van der Waals surface area contributed by atoms with Crippen LogP contribution in [0.25, 0.3) is 0 Å². The Labute approximate surface area is 95.2 Å². The van der Waals surface area contributed by atoms with E-state index >= 15 is 0 Å². The molecule has 0 aliphatic rings. The Kier molecular flexibility index (Phi) is 2.83. The van der Waals surface area contributed by atoms with Crippen molar-refractivity contribution < 1.29 is 9.18 Å². The Balaban J connectivity index is 2.42. The van der Waals surface area contributed by atoms with E-state index in [0.29, 0.717) is 9.90 Å². The third-order valence-corrected chi connectivity index (χ3v) is 2.80. The van der Waals surface area contributed by atoms with Crippen LogP contribution in [0, 0.1) is 5.82 Å². The molecule has 0 bridgehead atoms. The van der Waals surface area contributed by atoms with Gasteiger partial charge in [-0.3, -0.25) is 4.79 Å². The summed E-state index contributed by atoms with van der Waals surface area (Å²) in [6, 6.07) is 3.96. The highest BCUT2D eigenvalue weighted by Gasteiger charge is 2.12. The summed E-state index contributed by atoms with van der Waals surface area (Å²) in [5, 5.41) is 2.06. The number of hydrogen-bond donors (Lipinski definition) is 1. The summed E-state index contributed by atoms with van der Waals surface area (Å²) in [6.07, 6.45) is 1.54. The van der Waals surface area contributed by atoms with E-state index in [0.717, 1.165) is 0 Å². The van der Waals surface area contributed by atoms with Crippen LogP contribution in [0.5, 0.6) is 0 Å². The van der Waals surface area contributed by atoms with E-state index in [-0.39, 0.29) is 11.3 Å². The molecule has 2 nitrogen and oxygen atoms in total. The molecule has 2 rings (SSSR count). The van der Waals surface area contributed by atoms with Crippen LogP contribution in [0.3, 0.4) is 0 Å². The molecule has 0 aliphatic heterocycles. The van der Waals surface area contributed by atoms with E-state index in [4.69, 9.17) is 0 Å². The smallest absolute Gasteiger partial charge is 0.221 e. The highest BCUT2D eigenvalue weighted by Crippen LogP contribution is 2.17. The Bertz CT molecular complexity index is 476. The van der Waals surface area contributed by atoms with Crippen molar-refractivity contribution in [2.75, 3.05) is 0 Å². The summed E-state index contributed by atoms with van der Waals surface area (Å²) in [5.41, 5.74) is 0.273. The van der Waals surface area contributed by atoms with E-state index in [1.807, 2.05) is 0 Å². The van der Waals surface area contributed by atoms with Gasteiger partial charge in [-0.2, -0.15) is 0 Å². The van der Waals surface area contributed by atoms with Gasteiger partial charge in [0.15, 0.2) is 5.01 Å². The molecule has 0 fully saturated rings. The maximum atomic E-state index is 13.0. The molecule has 76 valence electrons. The van der Waals surface area contributed by atoms with Gasteiger partial charge in [-0.25, -0.2) is 9.37 Å². The van der Waals surface area contributed by atoms with Crippen LogP contribution >= 0.6 is 24.0 Å². The van der Waals surface area contributed by atoms with Gasteiger partial charge in [0, 0.05) is 22.0 Å². The fraction of sp³-hybridized carbons (Fsp3) is 0. The van der Waals surface area contributed by atoms with Crippen molar-refractivity contribution in [3.63, 3.8) is 0 Å². The number of thiazole rings is 1. The van der Waals surface area contributed by atoms with Crippen molar-refractivity contribution in [3.8, 4) is 0 Å². The molecule has 0 aliphatic carbocycles. The number of ketones is 1. The summed E-state index contributed by atoms with van der Waals surface area (Å²) >= 11 is 5.24. The standard InChI is InChI=1S/C10H6FNOS2/c11-7-3-6(4-8(14)5-7)9(13)10-12-1-2-15-10/h1-5,14H. The van der Waals surface area contributed by atoms with Gasteiger partial charge >= 0.3 is 0 Å². The Morgan fingerprint density at radius 3 is 2.80 bits per heavy atom. The zero-order valence-corrected chi connectivity index (χ0v) is 9.19. The van der Waals surface area contributed by atoms with E-state index in [2.05, 4.69) is 17.6 Å². The number of carbonyl (C=O) groups excluding carboxylic acids is 1. The first-order valence-electron chi connectivity index (χ1n) is 4.10. The molecule has 1 heterocycles. The highest BCUT2D eigenvalue weighted by atomic mass is 32.1. The number of thiol groups is 1. The number of hydrogen-bond acceptors (Lipinski definition) is 4. The molecule has 5 heteroatoms. The van der Waals surface area contributed by atoms with Crippen molar-refractivity contribution in [2.45, 2.75) is 4.90 Å². The quantitative estimate of drug-likeness (QED) is 0.645. The van der Waals surface area contributed by atoms with Crippen LogP contribution in [0.4, 0.5) is 4.39 Å². The van der Waals surface area contributed by atoms with Gasteiger partial charge in [0.05, 0.1) is 0 Å². The predicted octanol–water partition coefficient (Wildman–Crippen LogP) is 2.80. The highest BCUT2D eigenvalue weighted by molar-refractivity contribution is 7.80. The lowest BCUT2D eigenvalue weighted by Crippen LogP contribution is -2.01. The fourth-order valence-corrected chi connectivity index (χ4v) is 2.02. The second kappa shape index (κ2) is 4.12. The Morgan fingerprint density at radius 2 is 2.20 bits per heavy atom. The minimum atomic E-state index is -0.470. The summed E-state index contributed by atoms with van der Waals surface area (Å²) < 4.78 is 13.0. The largest absolute Gasteiger partial charge is 0.286 e. The van der Waals surface area contributed by atoms with Crippen molar-refractivity contribution in [1.29, 1.82) is 0 Å². The monoisotopic (exact) mass is 239 g/mol. The van der Waals surface area contributed by atoms with Crippen LogP contribution in [0.2, 0.25) is 0 Å². The van der Waals surface area contributed by atoms with Gasteiger partial charge in [-0.15, -0.1) is 24.0 Å². The minimum absolute atomic E-state index is 0.273. The number of halogens is 1. The molecule has 1 aromatic carbocycles. The van der Waals surface area contributed by atoms with Gasteiger partial charge in [-0.05, 0) is 18.2 Å². The third kappa shape index (κ3) is 2.24. The molecule has 0 atom stereocenters. The third-order valence-electron chi connectivity index (χ3n) is 1.77.